The van der Waals surface area contributed by atoms with Crippen molar-refractivity contribution in [3.63, 3.8) is 0 Å². The average Bonchev–Trinajstić information content (AvgIpc) is 4.06. The normalized spacial score (nSPS) is 11.8. The molecule has 0 aliphatic heterocycles. The fourth-order valence-electron chi connectivity index (χ4n) is 10.4. The van der Waals surface area contributed by atoms with Gasteiger partial charge in [-0.15, -0.1) is 0 Å². The molecule has 0 bridgehead atoms. The van der Waals surface area contributed by atoms with Crippen molar-refractivity contribution in [2.24, 2.45) is 0 Å². The van der Waals surface area contributed by atoms with Gasteiger partial charge in [0.1, 0.15) is 12.1 Å². The van der Waals surface area contributed by atoms with Crippen molar-refractivity contribution in [1.82, 2.24) is 18.3 Å². The maximum atomic E-state index is 11.2. The van der Waals surface area contributed by atoms with Gasteiger partial charge in [0.15, 0.2) is 0 Å². The third kappa shape index (κ3) is 4.50. The van der Waals surface area contributed by atoms with E-state index in [-0.39, 0.29) is 0 Å². The Morgan fingerprint density at radius 3 is 1.02 bits per heavy atom. The zero-order valence-electron chi connectivity index (χ0n) is 33.2. The first-order valence-corrected chi connectivity index (χ1v) is 20.7. The molecule has 62 heavy (non-hydrogen) atoms. The molecule has 4 heterocycles. The van der Waals surface area contributed by atoms with Gasteiger partial charge in [0.2, 0.25) is 0 Å². The van der Waals surface area contributed by atoms with Gasteiger partial charge in [0.25, 0.3) is 0 Å². The second kappa shape index (κ2) is 12.8. The van der Waals surface area contributed by atoms with Crippen molar-refractivity contribution in [1.29, 1.82) is 10.5 Å². The van der Waals surface area contributed by atoms with Crippen molar-refractivity contribution >= 4 is 87.2 Å². The van der Waals surface area contributed by atoms with Gasteiger partial charge < -0.3 is 18.3 Å². The highest BCUT2D eigenvalue weighted by Crippen LogP contribution is 2.45. The van der Waals surface area contributed by atoms with Crippen LogP contribution in [0.2, 0.25) is 0 Å². The summed E-state index contributed by atoms with van der Waals surface area (Å²) >= 11 is 0. The average molecular weight is 789 g/mol. The van der Waals surface area contributed by atoms with Crippen LogP contribution in [0.5, 0.6) is 0 Å². The molecule has 4 aromatic heterocycles. The van der Waals surface area contributed by atoms with Crippen LogP contribution in [0.4, 0.5) is 0 Å². The summed E-state index contributed by atoms with van der Waals surface area (Å²) in [4.78, 5) is 0. The molecule has 286 valence electrons. The van der Waals surface area contributed by atoms with Crippen LogP contribution in [0.25, 0.3) is 110 Å². The number of aromatic nitrogens is 4. The van der Waals surface area contributed by atoms with E-state index < -0.39 is 0 Å². The molecule has 6 heteroatoms. The Bertz CT molecular complexity index is 3840. The fourth-order valence-corrected chi connectivity index (χ4v) is 10.4. The van der Waals surface area contributed by atoms with Crippen LogP contribution in [0.15, 0.2) is 194 Å². The Kier molecular flexibility index (Phi) is 7.05. The molecule has 0 aliphatic rings. The van der Waals surface area contributed by atoms with Gasteiger partial charge in [-0.05, 0) is 72.8 Å². The SMILES string of the molecule is N#Cc1cc(-n2c3ccccc3c3c2ccc2c4ccccc4n(-c4ccccc4)c23)c(C#N)cc1-n1c2ccccc2c2c1ccc1c3ccccc3n(-c3ccccc3)c12. The molecule has 0 amide bonds. The van der Waals surface area contributed by atoms with Crippen molar-refractivity contribution < 1.29 is 0 Å². The van der Waals surface area contributed by atoms with E-state index in [0.717, 1.165) is 87.8 Å². The topological polar surface area (TPSA) is 67.3 Å². The van der Waals surface area contributed by atoms with Gasteiger partial charge in [0, 0.05) is 54.5 Å². The molecule has 0 aliphatic carbocycles. The molecule has 0 unspecified atom stereocenters. The molecule has 13 rings (SSSR count). The van der Waals surface area contributed by atoms with Crippen LogP contribution >= 0.6 is 0 Å². The Labute approximate surface area is 354 Å². The summed E-state index contributed by atoms with van der Waals surface area (Å²) in [6.07, 6.45) is 0. The zero-order valence-corrected chi connectivity index (χ0v) is 33.2. The van der Waals surface area contributed by atoms with Crippen molar-refractivity contribution in [2.45, 2.75) is 0 Å². The van der Waals surface area contributed by atoms with E-state index in [0.29, 0.717) is 22.5 Å². The summed E-state index contributed by atoms with van der Waals surface area (Å²) in [7, 11) is 0. The summed E-state index contributed by atoms with van der Waals surface area (Å²) in [5.74, 6) is 0. The molecule has 0 radical (unpaired) electrons. The standard InChI is InChI=1S/C56H32N6/c57-33-35-32-52(62-48-26-14-10-22-44(48)54-50(62)30-28-42-40-20-8-12-24-46(40)60(56(42)54)38-17-5-2-6-18-38)36(34-58)31-51(35)61-47-25-13-9-21-43(47)53-49(61)29-27-41-39-19-7-11-23-45(39)59(55(41)53)37-15-3-1-4-16-37/h1-32H. The predicted molar refractivity (Wildman–Crippen MR) is 253 cm³/mol. The highest BCUT2D eigenvalue weighted by atomic mass is 15.0. The van der Waals surface area contributed by atoms with E-state index in [4.69, 9.17) is 0 Å². The van der Waals surface area contributed by atoms with Crippen LogP contribution in [0, 0.1) is 22.7 Å². The Morgan fingerprint density at radius 2 is 0.629 bits per heavy atom. The van der Waals surface area contributed by atoms with Gasteiger partial charge in [0.05, 0.1) is 66.6 Å². The van der Waals surface area contributed by atoms with E-state index in [1.807, 2.05) is 36.4 Å². The van der Waals surface area contributed by atoms with Crippen LogP contribution < -0.4 is 0 Å². The lowest BCUT2D eigenvalue weighted by atomic mass is 10.1. The molecule has 13 aromatic rings. The Morgan fingerprint density at radius 1 is 0.290 bits per heavy atom. The monoisotopic (exact) mass is 788 g/mol. The third-order valence-corrected chi connectivity index (χ3v) is 12.8. The minimum Gasteiger partial charge on any atom is -0.309 e. The smallest absolute Gasteiger partial charge is 0.101 e. The van der Waals surface area contributed by atoms with E-state index in [1.54, 1.807) is 0 Å². The number of fused-ring (bicyclic) bond motifs is 14. The highest BCUT2D eigenvalue weighted by molar-refractivity contribution is 6.27. The first kappa shape index (κ1) is 34.1. The molecular formula is C56H32N6. The number of rotatable bonds is 4. The van der Waals surface area contributed by atoms with Crippen molar-refractivity contribution in [3.05, 3.63) is 205 Å². The maximum absolute atomic E-state index is 11.2. The number of hydrogen-bond donors (Lipinski definition) is 0. The second-order valence-electron chi connectivity index (χ2n) is 15.9. The molecule has 6 nitrogen and oxygen atoms in total. The molecule has 0 saturated heterocycles. The van der Waals surface area contributed by atoms with Crippen LogP contribution in [0.1, 0.15) is 11.1 Å². The molecule has 0 fully saturated rings. The number of benzene rings is 9. The highest BCUT2D eigenvalue weighted by Gasteiger charge is 2.25. The summed E-state index contributed by atoms with van der Waals surface area (Å²) in [5, 5.41) is 31.3. The third-order valence-electron chi connectivity index (χ3n) is 12.8. The number of nitriles is 2. The molecule has 0 spiro atoms. The van der Waals surface area contributed by atoms with Gasteiger partial charge in [-0.1, -0.05) is 121 Å². The fraction of sp³-hybridized carbons (Fsp3) is 0. The van der Waals surface area contributed by atoms with Crippen LogP contribution in [-0.2, 0) is 0 Å². The number of nitrogens with zero attached hydrogens (tertiary/aromatic N) is 6. The van der Waals surface area contributed by atoms with Crippen molar-refractivity contribution in [3.8, 4) is 34.9 Å². The summed E-state index contributed by atoms with van der Waals surface area (Å²) in [6.45, 7) is 0. The molecule has 9 aromatic carbocycles. The van der Waals surface area contributed by atoms with E-state index in [1.165, 1.54) is 10.8 Å². The first-order chi connectivity index (χ1) is 30.7. The van der Waals surface area contributed by atoms with Crippen molar-refractivity contribution in [2.75, 3.05) is 0 Å². The van der Waals surface area contributed by atoms with Gasteiger partial charge in [-0.25, -0.2) is 0 Å². The second-order valence-corrected chi connectivity index (χ2v) is 15.9. The molecular weight excluding hydrogens is 757 g/mol. The lowest BCUT2D eigenvalue weighted by Gasteiger charge is -2.16. The maximum Gasteiger partial charge on any atom is 0.101 e. The van der Waals surface area contributed by atoms with E-state index in [2.05, 4.69) is 188 Å². The predicted octanol–water partition coefficient (Wildman–Crippen LogP) is 13.8. The van der Waals surface area contributed by atoms with Gasteiger partial charge >= 0.3 is 0 Å². The minimum atomic E-state index is 0.468. The zero-order chi connectivity index (χ0) is 41.1. The largest absolute Gasteiger partial charge is 0.309 e. The minimum absolute atomic E-state index is 0.468. The Balaban J connectivity index is 1.12. The quantitative estimate of drug-likeness (QED) is 0.178. The number of para-hydroxylation sites is 6. The molecule has 0 saturated carbocycles. The van der Waals surface area contributed by atoms with E-state index in [9.17, 15) is 10.5 Å². The lowest BCUT2D eigenvalue weighted by Crippen LogP contribution is -2.04. The number of hydrogen-bond acceptors (Lipinski definition) is 2. The lowest BCUT2D eigenvalue weighted by molar-refractivity contribution is 1.12. The summed E-state index contributed by atoms with van der Waals surface area (Å²) in [5.41, 5.74) is 12.7. The molecule has 0 N–H and O–H groups in total. The molecule has 0 atom stereocenters. The van der Waals surface area contributed by atoms with E-state index >= 15 is 0 Å². The first-order valence-electron chi connectivity index (χ1n) is 20.7. The summed E-state index contributed by atoms with van der Waals surface area (Å²) in [6, 6.07) is 72.6. The van der Waals surface area contributed by atoms with Crippen LogP contribution in [-0.4, -0.2) is 18.3 Å². The van der Waals surface area contributed by atoms with Gasteiger partial charge in [-0.2, -0.15) is 10.5 Å². The van der Waals surface area contributed by atoms with Gasteiger partial charge in [-0.3, -0.25) is 0 Å². The summed E-state index contributed by atoms with van der Waals surface area (Å²) < 4.78 is 9.06. The van der Waals surface area contributed by atoms with Crippen LogP contribution in [0.3, 0.4) is 0 Å². The Hall–Kier alpha value is -8.84.